The van der Waals surface area contributed by atoms with Gasteiger partial charge in [-0.25, -0.2) is 4.98 Å². The summed E-state index contributed by atoms with van der Waals surface area (Å²) in [5.74, 6) is 0.856. The number of hydrogen-bond donors (Lipinski definition) is 0. The molecule has 4 heterocycles. The van der Waals surface area contributed by atoms with E-state index in [0.717, 1.165) is 51.0 Å². The summed E-state index contributed by atoms with van der Waals surface area (Å²) in [4.78, 5) is 19.5. The Bertz CT molecular complexity index is 877. The van der Waals surface area contributed by atoms with E-state index in [1.165, 1.54) is 0 Å². The number of ether oxygens (including phenoxy) is 1. The molecule has 0 aliphatic carbocycles. The van der Waals surface area contributed by atoms with Crippen LogP contribution < -0.4 is 5.56 Å². The summed E-state index contributed by atoms with van der Waals surface area (Å²) in [7, 11) is 1.81. The van der Waals surface area contributed by atoms with Gasteiger partial charge in [0.1, 0.15) is 4.83 Å². The molecule has 0 N–H and O–H groups in total. The quantitative estimate of drug-likeness (QED) is 0.518. The molecule has 0 spiro atoms. The van der Waals surface area contributed by atoms with Gasteiger partial charge in [-0.05, 0) is 24.3 Å². The number of thiophene rings is 2. The van der Waals surface area contributed by atoms with Crippen LogP contribution >= 0.6 is 34.4 Å². The van der Waals surface area contributed by atoms with Gasteiger partial charge in [0.25, 0.3) is 5.56 Å². The highest BCUT2D eigenvalue weighted by Crippen LogP contribution is 2.34. The lowest BCUT2D eigenvalue weighted by Gasteiger charge is -2.10. The van der Waals surface area contributed by atoms with Gasteiger partial charge in [0.15, 0.2) is 5.16 Å². The molecule has 0 amide bonds. The van der Waals surface area contributed by atoms with Crippen molar-refractivity contribution in [3.05, 3.63) is 33.2 Å². The summed E-state index contributed by atoms with van der Waals surface area (Å²) in [5, 5.41) is 5.58. The molecule has 23 heavy (non-hydrogen) atoms. The van der Waals surface area contributed by atoms with E-state index < -0.39 is 0 Å². The van der Waals surface area contributed by atoms with Gasteiger partial charge in [0, 0.05) is 35.2 Å². The van der Waals surface area contributed by atoms with E-state index in [9.17, 15) is 4.79 Å². The highest BCUT2D eigenvalue weighted by atomic mass is 32.2. The Morgan fingerprint density at radius 3 is 3.13 bits per heavy atom. The van der Waals surface area contributed by atoms with Gasteiger partial charge in [0.05, 0.1) is 11.5 Å². The molecule has 0 saturated carbocycles. The topological polar surface area (TPSA) is 44.1 Å². The fourth-order valence-corrected chi connectivity index (χ4v) is 5.58. The Kier molecular flexibility index (Phi) is 4.27. The Morgan fingerprint density at radius 2 is 2.39 bits per heavy atom. The van der Waals surface area contributed by atoms with Crippen molar-refractivity contribution < 1.29 is 4.74 Å². The fourth-order valence-electron chi connectivity index (χ4n) is 2.74. The van der Waals surface area contributed by atoms with Crippen LogP contribution in [0.4, 0.5) is 0 Å². The Balaban J connectivity index is 1.71. The van der Waals surface area contributed by atoms with Crippen molar-refractivity contribution in [2.24, 2.45) is 7.05 Å². The van der Waals surface area contributed by atoms with Crippen LogP contribution in [0.2, 0.25) is 0 Å². The van der Waals surface area contributed by atoms with Crippen LogP contribution in [0.15, 0.2) is 32.8 Å². The molecular weight excluding hydrogens is 348 g/mol. The van der Waals surface area contributed by atoms with Crippen molar-refractivity contribution in [3.8, 4) is 10.4 Å². The van der Waals surface area contributed by atoms with Crippen molar-refractivity contribution in [1.82, 2.24) is 9.55 Å². The summed E-state index contributed by atoms with van der Waals surface area (Å²) in [6.45, 7) is 0.853. The van der Waals surface area contributed by atoms with Gasteiger partial charge in [-0.2, -0.15) is 0 Å². The van der Waals surface area contributed by atoms with Crippen LogP contribution in [-0.2, 0) is 11.8 Å². The summed E-state index contributed by atoms with van der Waals surface area (Å²) >= 11 is 4.81. The molecule has 1 aliphatic heterocycles. The van der Waals surface area contributed by atoms with Crippen LogP contribution in [0.25, 0.3) is 20.7 Å². The van der Waals surface area contributed by atoms with E-state index in [0.29, 0.717) is 0 Å². The van der Waals surface area contributed by atoms with Gasteiger partial charge in [-0.3, -0.25) is 9.36 Å². The highest BCUT2D eigenvalue weighted by molar-refractivity contribution is 7.99. The summed E-state index contributed by atoms with van der Waals surface area (Å²) in [6, 6.07) is 4.05. The molecule has 4 rings (SSSR count). The van der Waals surface area contributed by atoms with Crippen LogP contribution in [0, 0.1) is 0 Å². The van der Waals surface area contributed by atoms with Crippen molar-refractivity contribution in [3.63, 3.8) is 0 Å². The number of fused-ring (bicyclic) bond motifs is 1. The molecule has 0 bridgehead atoms. The number of aromatic nitrogens is 2. The van der Waals surface area contributed by atoms with Gasteiger partial charge in [0.2, 0.25) is 0 Å². The average molecular weight is 365 g/mol. The zero-order valence-electron chi connectivity index (χ0n) is 12.7. The van der Waals surface area contributed by atoms with Gasteiger partial charge >= 0.3 is 0 Å². The Morgan fingerprint density at radius 1 is 1.48 bits per heavy atom. The van der Waals surface area contributed by atoms with Crippen LogP contribution in [-0.4, -0.2) is 28.0 Å². The lowest BCUT2D eigenvalue weighted by Crippen LogP contribution is -2.20. The van der Waals surface area contributed by atoms with E-state index in [4.69, 9.17) is 9.72 Å². The first-order chi connectivity index (χ1) is 11.2. The maximum atomic E-state index is 12.8. The minimum absolute atomic E-state index is 0.0366. The van der Waals surface area contributed by atoms with E-state index in [1.54, 1.807) is 39.0 Å². The molecular formula is C16H16N2O2S3. The molecule has 3 aromatic heterocycles. The standard InChI is InChI=1S/C16H16N2O2S3/c1-18-15(19)13-11(12-5-3-7-21-12)9-22-14(13)17-16(18)23-8-10-4-2-6-20-10/h3,5,7,9-10H,2,4,6,8H2,1H3. The predicted octanol–water partition coefficient (Wildman–Crippen LogP) is 3.99. The molecule has 1 fully saturated rings. The van der Waals surface area contributed by atoms with E-state index >= 15 is 0 Å². The van der Waals surface area contributed by atoms with E-state index in [-0.39, 0.29) is 11.7 Å². The SMILES string of the molecule is Cn1c(SCC2CCCO2)nc2scc(-c3cccs3)c2c1=O. The van der Waals surface area contributed by atoms with Gasteiger partial charge in [-0.15, -0.1) is 22.7 Å². The normalized spacial score (nSPS) is 18.0. The Labute approximate surface area is 146 Å². The number of rotatable bonds is 4. The zero-order valence-corrected chi connectivity index (χ0v) is 15.1. The number of hydrogen-bond acceptors (Lipinski definition) is 6. The molecule has 1 saturated heterocycles. The first-order valence-electron chi connectivity index (χ1n) is 7.50. The second-order valence-corrected chi connectivity index (χ2v) is 8.30. The molecule has 1 aliphatic rings. The van der Waals surface area contributed by atoms with Crippen molar-refractivity contribution in [2.75, 3.05) is 12.4 Å². The van der Waals surface area contributed by atoms with Crippen LogP contribution in [0.3, 0.4) is 0 Å². The monoisotopic (exact) mass is 364 g/mol. The third-order valence-electron chi connectivity index (χ3n) is 3.98. The van der Waals surface area contributed by atoms with E-state index in [2.05, 4.69) is 0 Å². The molecule has 1 atom stereocenters. The molecule has 120 valence electrons. The van der Waals surface area contributed by atoms with E-state index in [1.807, 2.05) is 29.9 Å². The molecule has 4 nitrogen and oxygen atoms in total. The minimum atomic E-state index is 0.0366. The van der Waals surface area contributed by atoms with Crippen molar-refractivity contribution in [2.45, 2.75) is 24.1 Å². The smallest absolute Gasteiger partial charge is 0.263 e. The predicted molar refractivity (Wildman–Crippen MR) is 97.9 cm³/mol. The molecule has 7 heteroatoms. The van der Waals surface area contributed by atoms with Gasteiger partial charge in [-0.1, -0.05) is 17.8 Å². The lowest BCUT2D eigenvalue weighted by atomic mass is 10.2. The highest BCUT2D eigenvalue weighted by Gasteiger charge is 2.19. The second kappa shape index (κ2) is 6.39. The lowest BCUT2D eigenvalue weighted by molar-refractivity contribution is 0.129. The maximum absolute atomic E-state index is 12.8. The number of nitrogens with zero attached hydrogens (tertiary/aromatic N) is 2. The van der Waals surface area contributed by atoms with Gasteiger partial charge < -0.3 is 4.74 Å². The molecule has 0 aromatic carbocycles. The van der Waals surface area contributed by atoms with Crippen LogP contribution in [0.1, 0.15) is 12.8 Å². The zero-order chi connectivity index (χ0) is 15.8. The molecule has 1 unspecified atom stereocenters. The first kappa shape index (κ1) is 15.4. The summed E-state index contributed by atoms with van der Waals surface area (Å²) < 4.78 is 7.33. The third kappa shape index (κ3) is 2.87. The fraction of sp³-hybridized carbons (Fsp3) is 0.375. The summed E-state index contributed by atoms with van der Waals surface area (Å²) in [5.41, 5.74) is 1.04. The third-order valence-corrected chi connectivity index (χ3v) is 6.92. The average Bonchev–Trinajstić information content (AvgIpc) is 3.30. The van der Waals surface area contributed by atoms with Crippen LogP contribution in [0.5, 0.6) is 0 Å². The van der Waals surface area contributed by atoms with Crippen molar-refractivity contribution in [1.29, 1.82) is 0 Å². The number of thioether (sulfide) groups is 1. The minimum Gasteiger partial charge on any atom is -0.377 e. The second-order valence-electron chi connectivity index (χ2n) is 5.51. The maximum Gasteiger partial charge on any atom is 0.263 e. The van der Waals surface area contributed by atoms with Crippen molar-refractivity contribution >= 4 is 44.7 Å². The molecule has 0 radical (unpaired) electrons. The largest absolute Gasteiger partial charge is 0.377 e. The molecule has 3 aromatic rings. The first-order valence-corrected chi connectivity index (χ1v) is 10.2. The summed E-state index contributed by atoms with van der Waals surface area (Å²) in [6.07, 6.45) is 2.52. The Hall–Kier alpha value is -1.15.